The van der Waals surface area contributed by atoms with Crippen LogP contribution in [0.3, 0.4) is 0 Å². The van der Waals surface area contributed by atoms with E-state index in [4.69, 9.17) is 11.6 Å². The standard InChI is InChI=1S/C10H6ClNO/c11-8-1-2-9-7(6-13)3-4-12-10(9)5-8/h1-6H. The highest BCUT2D eigenvalue weighted by molar-refractivity contribution is 6.31. The first-order chi connectivity index (χ1) is 6.31. The fraction of sp³-hybridized carbons (Fsp3) is 0. The Balaban J connectivity index is 2.84. The van der Waals surface area contributed by atoms with E-state index < -0.39 is 0 Å². The number of carbonyl (C=O) groups excluding carboxylic acids is 1. The van der Waals surface area contributed by atoms with Gasteiger partial charge in [0.1, 0.15) is 0 Å². The van der Waals surface area contributed by atoms with E-state index in [0.717, 1.165) is 17.2 Å². The lowest BCUT2D eigenvalue weighted by atomic mass is 10.1. The molecule has 0 spiro atoms. The summed E-state index contributed by atoms with van der Waals surface area (Å²) in [6.45, 7) is 0. The Bertz CT molecular complexity index is 467. The summed E-state index contributed by atoms with van der Waals surface area (Å²) in [6.07, 6.45) is 2.42. The molecular weight excluding hydrogens is 186 g/mol. The lowest BCUT2D eigenvalue weighted by Gasteiger charge is -1.99. The fourth-order valence-corrected chi connectivity index (χ4v) is 1.41. The van der Waals surface area contributed by atoms with E-state index in [1.165, 1.54) is 0 Å². The molecule has 0 amide bonds. The summed E-state index contributed by atoms with van der Waals surface area (Å²) >= 11 is 5.79. The van der Waals surface area contributed by atoms with Crippen LogP contribution in [0, 0.1) is 0 Å². The molecule has 64 valence electrons. The van der Waals surface area contributed by atoms with Gasteiger partial charge in [0.25, 0.3) is 0 Å². The predicted octanol–water partition coefficient (Wildman–Crippen LogP) is 2.70. The van der Waals surface area contributed by atoms with Gasteiger partial charge in [-0.1, -0.05) is 17.7 Å². The Morgan fingerprint density at radius 3 is 2.92 bits per heavy atom. The molecule has 0 N–H and O–H groups in total. The van der Waals surface area contributed by atoms with Crippen molar-refractivity contribution in [3.8, 4) is 0 Å². The molecule has 13 heavy (non-hydrogen) atoms. The van der Waals surface area contributed by atoms with Gasteiger partial charge in [-0.15, -0.1) is 0 Å². The molecule has 0 aliphatic carbocycles. The zero-order chi connectivity index (χ0) is 9.26. The Kier molecular flexibility index (Phi) is 1.99. The van der Waals surface area contributed by atoms with E-state index in [1.807, 2.05) is 0 Å². The van der Waals surface area contributed by atoms with E-state index >= 15 is 0 Å². The molecular formula is C10H6ClNO. The minimum absolute atomic E-state index is 0.628. The molecule has 1 aromatic carbocycles. The van der Waals surface area contributed by atoms with Crippen LogP contribution in [0.4, 0.5) is 0 Å². The molecule has 0 atom stereocenters. The average molecular weight is 192 g/mol. The topological polar surface area (TPSA) is 30.0 Å². The number of hydrogen-bond donors (Lipinski definition) is 0. The molecule has 1 aromatic heterocycles. The summed E-state index contributed by atoms with van der Waals surface area (Å²) in [4.78, 5) is 14.8. The maximum Gasteiger partial charge on any atom is 0.150 e. The van der Waals surface area contributed by atoms with Crippen molar-refractivity contribution in [3.63, 3.8) is 0 Å². The van der Waals surface area contributed by atoms with Gasteiger partial charge in [-0.2, -0.15) is 0 Å². The lowest BCUT2D eigenvalue weighted by Crippen LogP contribution is -1.85. The fourth-order valence-electron chi connectivity index (χ4n) is 1.25. The van der Waals surface area contributed by atoms with Crippen LogP contribution in [-0.4, -0.2) is 11.3 Å². The molecule has 0 saturated carbocycles. The number of fused-ring (bicyclic) bond motifs is 1. The largest absolute Gasteiger partial charge is 0.298 e. The third-order valence-electron chi connectivity index (χ3n) is 1.87. The van der Waals surface area contributed by atoms with Crippen molar-refractivity contribution < 1.29 is 4.79 Å². The molecule has 1 heterocycles. The summed E-state index contributed by atoms with van der Waals surface area (Å²) in [5.74, 6) is 0. The number of rotatable bonds is 1. The summed E-state index contributed by atoms with van der Waals surface area (Å²) in [5, 5.41) is 1.46. The van der Waals surface area contributed by atoms with Crippen molar-refractivity contribution in [1.29, 1.82) is 0 Å². The molecule has 0 unspecified atom stereocenters. The lowest BCUT2D eigenvalue weighted by molar-refractivity contribution is 0.112. The number of nitrogens with zero attached hydrogens (tertiary/aromatic N) is 1. The third-order valence-corrected chi connectivity index (χ3v) is 2.10. The van der Waals surface area contributed by atoms with Crippen molar-refractivity contribution >= 4 is 28.8 Å². The van der Waals surface area contributed by atoms with E-state index in [-0.39, 0.29) is 0 Å². The normalized spacial score (nSPS) is 10.2. The van der Waals surface area contributed by atoms with Crippen molar-refractivity contribution in [2.75, 3.05) is 0 Å². The highest BCUT2D eigenvalue weighted by Crippen LogP contribution is 2.19. The first-order valence-corrected chi connectivity index (χ1v) is 4.18. The first kappa shape index (κ1) is 8.20. The van der Waals surface area contributed by atoms with Crippen molar-refractivity contribution in [1.82, 2.24) is 4.98 Å². The predicted molar refractivity (Wildman–Crippen MR) is 52.1 cm³/mol. The average Bonchev–Trinajstić information content (AvgIpc) is 2.16. The smallest absolute Gasteiger partial charge is 0.150 e. The van der Waals surface area contributed by atoms with E-state index in [9.17, 15) is 4.79 Å². The number of pyridine rings is 1. The summed E-state index contributed by atoms with van der Waals surface area (Å²) < 4.78 is 0. The van der Waals surface area contributed by atoms with Crippen LogP contribution >= 0.6 is 11.6 Å². The molecule has 2 rings (SSSR count). The number of benzene rings is 1. The molecule has 0 saturated heterocycles. The number of aromatic nitrogens is 1. The first-order valence-electron chi connectivity index (χ1n) is 3.81. The second-order valence-corrected chi connectivity index (χ2v) is 3.12. The van der Waals surface area contributed by atoms with Crippen molar-refractivity contribution in [2.45, 2.75) is 0 Å². The zero-order valence-corrected chi connectivity index (χ0v) is 7.45. The summed E-state index contributed by atoms with van der Waals surface area (Å²) in [7, 11) is 0. The van der Waals surface area contributed by atoms with Crippen LogP contribution in [0.15, 0.2) is 30.5 Å². The van der Waals surface area contributed by atoms with Gasteiger partial charge in [-0.05, 0) is 18.2 Å². The van der Waals surface area contributed by atoms with Gasteiger partial charge in [-0.25, -0.2) is 0 Å². The molecule has 3 heteroatoms. The SMILES string of the molecule is O=Cc1ccnc2cc(Cl)ccc12. The quantitative estimate of drug-likeness (QED) is 0.649. The maximum atomic E-state index is 10.6. The van der Waals surface area contributed by atoms with Gasteiger partial charge in [-0.3, -0.25) is 9.78 Å². The van der Waals surface area contributed by atoms with Crippen LogP contribution in [0.25, 0.3) is 10.9 Å². The van der Waals surface area contributed by atoms with Gasteiger partial charge in [0.2, 0.25) is 0 Å². The molecule has 2 aromatic rings. The van der Waals surface area contributed by atoms with Crippen LogP contribution in [0.2, 0.25) is 5.02 Å². The molecule has 0 aliphatic heterocycles. The third kappa shape index (κ3) is 1.40. The Morgan fingerprint density at radius 1 is 1.31 bits per heavy atom. The van der Waals surface area contributed by atoms with Gasteiger partial charge in [0.15, 0.2) is 6.29 Å². The van der Waals surface area contributed by atoms with Crippen molar-refractivity contribution in [3.05, 3.63) is 41.0 Å². The van der Waals surface area contributed by atoms with Crippen LogP contribution in [-0.2, 0) is 0 Å². The number of hydrogen-bond acceptors (Lipinski definition) is 2. The van der Waals surface area contributed by atoms with E-state index in [2.05, 4.69) is 4.98 Å². The maximum absolute atomic E-state index is 10.6. The number of carbonyl (C=O) groups is 1. The highest BCUT2D eigenvalue weighted by Gasteiger charge is 2.00. The highest BCUT2D eigenvalue weighted by atomic mass is 35.5. The molecule has 2 nitrogen and oxygen atoms in total. The zero-order valence-electron chi connectivity index (χ0n) is 6.70. The molecule has 0 aliphatic rings. The van der Waals surface area contributed by atoms with Crippen LogP contribution in [0.1, 0.15) is 10.4 Å². The van der Waals surface area contributed by atoms with Crippen LogP contribution < -0.4 is 0 Å². The molecule has 0 bridgehead atoms. The molecule has 0 radical (unpaired) electrons. The summed E-state index contributed by atoms with van der Waals surface area (Å²) in [5.41, 5.74) is 1.39. The Labute approximate surface area is 80.2 Å². The molecule has 0 fully saturated rings. The second kappa shape index (κ2) is 3.15. The van der Waals surface area contributed by atoms with E-state index in [0.29, 0.717) is 10.6 Å². The minimum atomic E-state index is 0.628. The van der Waals surface area contributed by atoms with Gasteiger partial charge in [0.05, 0.1) is 5.52 Å². The van der Waals surface area contributed by atoms with Gasteiger partial charge in [0, 0.05) is 22.2 Å². The van der Waals surface area contributed by atoms with Gasteiger partial charge < -0.3 is 0 Å². The van der Waals surface area contributed by atoms with Crippen molar-refractivity contribution in [2.24, 2.45) is 0 Å². The Hall–Kier alpha value is -1.41. The summed E-state index contributed by atoms with van der Waals surface area (Å²) in [6, 6.07) is 6.97. The van der Waals surface area contributed by atoms with E-state index in [1.54, 1.807) is 30.5 Å². The minimum Gasteiger partial charge on any atom is -0.298 e. The number of halogens is 1. The second-order valence-electron chi connectivity index (χ2n) is 2.68. The van der Waals surface area contributed by atoms with Gasteiger partial charge >= 0.3 is 0 Å². The monoisotopic (exact) mass is 191 g/mol. The number of aldehydes is 1. The van der Waals surface area contributed by atoms with Crippen LogP contribution in [0.5, 0.6) is 0 Å². The Morgan fingerprint density at radius 2 is 2.15 bits per heavy atom.